The molecule has 0 radical (unpaired) electrons. The second-order valence-corrected chi connectivity index (χ2v) is 5.70. The lowest BCUT2D eigenvalue weighted by Crippen LogP contribution is -2.35. The largest absolute Gasteiger partial charge is 0.481 e. The molecule has 0 bridgehead atoms. The lowest BCUT2D eigenvalue weighted by atomic mass is 10.1. The van der Waals surface area contributed by atoms with Gasteiger partial charge in [-0.05, 0) is 30.2 Å². The summed E-state index contributed by atoms with van der Waals surface area (Å²) in [6.45, 7) is 2.88. The van der Waals surface area contributed by atoms with Crippen molar-refractivity contribution in [1.82, 2.24) is 20.1 Å². The van der Waals surface area contributed by atoms with Gasteiger partial charge in [0.15, 0.2) is 6.10 Å². The standard InChI is InChI=1S/C19H20N4O2/c1-15(25-18-5-3-2-4-6-18)19(24)21-11-16-7-9-17(10-8-16)12-23-14-20-13-22-23/h2-10,13-15H,11-12H2,1H3,(H,21,24). The van der Waals surface area contributed by atoms with Crippen LogP contribution >= 0.6 is 0 Å². The van der Waals surface area contributed by atoms with Crippen molar-refractivity contribution in [1.29, 1.82) is 0 Å². The van der Waals surface area contributed by atoms with E-state index in [1.807, 2.05) is 54.6 Å². The summed E-state index contributed by atoms with van der Waals surface area (Å²) in [5.74, 6) is 0.540. The molecule has 128 valence electrons. The summed E-state index contributed by atoms with van der Waals surface area (Å²) in [5, 5.41) is 6.97. The number of ether oxygens (including phenoxy) is 1. The molecule has 6 heteroatoms. The summed E-state index contributed by atoms with van der Waals surface area (Å²) in [6.07, 6.45) is 2.65. The molecule has 0 aliphatic heterocycles. The molecule has 0 spiro atoms. The summed E-state index contributed by atoms with van der Waals surface area (Å²) in [6, 6.07) is 17.4. The quantitative estimate of drug-likeness (QED) is 0.719. The molecule has 1 amide bonds. The summed E-state index contributed by atoms with van der Waals surface area (Å²) < 4.78 is 7.38. The topological polar surface area (TPSA) is 69.0 Å². The predicted octanol–water partition coefficient (Wildman–Crippen LogP) is 2.41. The summed E-state index contributed by atoms with van der Waals surface area (Å²) >= 11 is 0. The van der Waals surface area contributed by atoms with E-state index < -0.39 is 6.10 Å². The zero-order valence-electron chi connectivity index (χ0n) is 14.0. The van der Waals surface area contributed by atoms with E-state index in [0.29, 0.717) is 18.8 Å². The number of hydrogen-bond acceptors (Lipinski definition) is 4. The maximum Gasteiger partial charge on any atom is 0.261 e. The Balaban J connectivity index is 1.48. The van der Waals surface area contributed by atoms with Crippen LogP contribution in [0.2, 0.25) is 0 Å². The van der Waals surface area contributed by atoms with Gasteiger partial charge in [-0.25, -0.2) is 9.67 Å². The molecule has 1 heterocycles. The Bertz CT molecular complexity index is 786. The molecule has 3 rings (SSSR count). The van der Waals surface area contributed by atoms with Crippen LogP contribution in [-0.2, 0) is 17.9 Å². The molecule has 1 N–H and O–H groups in total. The lowest BCUT2D eigenvalue weighted by Gasteiger charge is -2.14. The van der Waals surface area contributed by atoms with Gasteiger partial charge in [0.2, 0.25) is 0 Å². The van der Waals surface area contributed by atoms with Crippen LogP contribution in [0.4, 0.5) is 0 Å². The number of rotatable bonds is 7. The van der Waals surface area contributed by atoms with Crippen molar-refractivity contribution in [2.75, 3.05) is 0 Å². The molecule has 3 aromatic rings. The predicted molar refractivity (Wildman–Crippen MR) is 93.9 cm³/mol. The van der Waals surface area contributed by atoms with E-state index in [0.717, 1.165) is 11.1 Å². The molecule has 1 aromatic heterocycles. The average Bonchev–Trinajstić information content (AvgIpc) is 3.14. The molecule has 1 unspecified atom stereocenters. The summed E-state index contributed by atoms with van der Waals surface area (Å²) in [4.78, 5) is 16.1. The van der Waals surface area contributed by atoms with Crippen LogP contribution in [0.25, 0.3) is 0 Å². The smallest absolute Gasteiger partial charge is 0.261 e. The Morgan fingerprint density at radius 1 is 1.12 bits per heavy atom. The zero-order valence-corrected chi connectivity index (χ0v) is 14.0. The first-order valence-corrected chi connectivity index (χ1v) is 8.10. The number of carbonyl (C=O) groups is 1. The molecule has 0 fully saturated rings. The number of hydrogen-bond donors (Lipinski definition) is 1. The lowest BCUT2D eigenvalue weighted by molar-refractivity contribution is -0.127. The number of para-hydroxylation sites is 1. The van der Waals surface area contributed by atoms with Gasteiger partial charge in [0.1, 0.15) is 18.4 Å². The number of benzene rings is 2. The molecule has 2 aromatic carbocycles. The first kappa shape index (κ1) is 16.7. The highest BCUT2D eigenvalue weighted by Crippen LogP contribution is 2.11. The molecule has 0 saturated heterocycles. The number of nitrogens with zero attached hydrogens (tertiary/aromatic N) is 3. The van der Waals surface area contributed by atoms with E-state index in [1.165, 1.54) is 6.33 Å². The maximum absolute atomic E-state index is 12.1. The highest BCUT2D eigenvalue weighted by Gasteiger charge is 2.14. The molecule has 25 heavy (non-hydrogen) atoms. The first-order valence-electron chi connectivity index (χ1n) is 8.10. The highest BCUT2D eigenvalue weighted by atomic mass is 16.5. The molecular formula is C19H20N4O2. The fraction of sp³-hybridized carbons (Fsp3) is 0.211. The third-order valence-electron chi connectivity index (χ3n) is 3.73. The Morgan fingerprint density at radius 2 is 1.84 bits per heavy atom. The molecule has 0 aliphatic carbocycles. The monoisotopic (exact) mass is 336 g/mol. The summed E-state index contributed by atoms with van der Waals surface area (Å²) in [5.41, 5.74) is 2.16. The van der Waals surface area contributed by atoms with Gasteiger partial charge in [0, 0.05) is 6.54 Å². The minimum absolute atomic E-state index is 0.143. The van der Waals surface area contributed by atoms with E-state index in [1.54, 1.807) is 17.9 Å². The Kier molecular flexibility index (Phi) is 5.41. The van der Waals surface area contributed by atoms with Crippen LogP contribution in [0.5, 0.6) is 5.75 Å². The minimum atomic E-state index is -0.547. The molecule has 0 aliphatic rings. The minimum Gasteiger partial charge on any atom is -0.481 e. The van der Waals surface area contributed by atoms with Gasteiger partial charge in [0.05, 0.1) is 6.54 Å². The number of aromatic nitrogens is 3. The van der Waals surface area contributed by atoms with Crippen molar-refractivity contribution in [3.05, 3.63) is 78.4 Å². The second-order valence-electron chi connectivity index (χ2n) is 5.70. The Hall–Kier alpha value is -3.15. The van der Waals surface area contributed by atoms with Crippen LogP contribution in [0.1, 0.15) is 18.1 Å². The molecule has 0 saturated carbocycles. The maximum atomic E-state index is 12.1. The van der Waals surface area contributed by atoms with E-state index >= 15 is 0 Å². The number of amides is 1. The van der Waals surface area contributed by atoms with E-state index in [2.05, 4.69) is 15.4 Å². The van der Waals surface area contributed by atoms with Crippen molar-refractivity contribution in [2.24, 2.45) is 0 Å². The van der Waals surface area contributed by atoms with Crippen LogP contribution in [0.15, 0.2) is 67.3 Å². The first-order chi connectivity index (χ1) is 12.2. The van der Waals surface area contributed by atoms with E-state index in [9.17, 15) is 4.79 Å². The van der Waals surface area contributed by atoms with Crippen molar-refractivity contribution in [3.8, 4) is 5.75 Å². The normalized spacial score (nSPS) is 11.7. The van der Waals surface area contributed by atoms with Crippen LogP contribution < -0.4 is 10.1 Å². The van der Waals surface area contributed by atoms with Gasteiger partial charge >= 0.3 is 0 Å². The highest BCUT2D eigenvalue weighted by molar-refractivity contribution is 5.80. The van der Waals surface area contributed by atoms with Crippen LogP contribution in [-0.4, -0.2) is 26.8 Å². The van der Waals surface area contributed by atoms with E-state index in [-0.39, 0.29) is 5.91 Å². The van der Waals surface area contributed by atoms with Crippen LogP contribution in [0.3, 0.4) is 0 Å². The van der Waals surface area contributed by atoms with Gasteiger partial charge in [-0.15, -0.1) is 0 Å². The molecular weight excluding hydrogens is 316 g/mol. The van der Waals surface area contributed by atoms with Crippen LogP contribution in [0, 0.1) is 0 Å². The third kappa shape index (κ3) is 4.91. The van der Waals surface area contributed by atoms with Crippen molar-refractivity contribution in [3.63, 3.8) is 0 Å². The van der Waals surface area contributed by atoms with E-state index in [4.69, 9.17) is 4.74 Å². The number of carbonyl (C=O) groups excluding carboxylic acids is 1. The van der Waals surface area contributed by atoms with Crippen molar-refractivity contribution in [2.45, 2.75) is 26.1 Å². The molecule has 6 nitrogen and oxygen atoms in total. The Labute approximate surface area is 146 Å². The zero-order chi connectivity index (χ0) is 17.5. The second kappa shape index (κ2) is 8.10. The van der Waals surface area contributed by atoms with Gasteiger partial charge < -0.3 is 10.1 Å². The van der Waals surface area contributed by atoms with Gasteiger partial charge in [-0.2, -0.15) is 5.10 Å². The fourth-order valence-electron chi connectivity index (χ4n) is 2.35. The SMILES string of the molecule is CC(Oc1ccccc1)C(=O)NCc1ccc(Cn2cncn2)cc1. The van der Waals surface area contributed by atoms with Gasteiger partial charge in [-0.3, -0.25) is 4.79 Å². The van der Waals surface area contributed by atoms with Crippen molar-refractivity contribution >= 4 is 5.91 Å². The van der Waals surface area contributed by atoms with Crippen molar-refractivity contribution < 1.29 is 9.53 Å². The van der Waals surface area contributed by atoms with Gasteiger partial charge in [-0.1, -0.05) is 42.5 Å². The summed E-state index contributed by atoms with van der Waals surface area (Å²) in [7, 11) is 0. The molecule has 1 atom stereocenters. The third-order valence-corrected chi connectivity index (χ3v) is 3.73. The Morgan fingerprint density at radius 3 is 2.52 bits per heavy atom. The fourth-order valence-corrected chi connectivity index (χ4v) is 2.35. The number of nitrogens with one attached hydrogen (secondary N) is 1. The average molecular weight is 336 g/mol. The van der Waals surface area contributed by atoms with Gasteiger partial charge in [0.25, 0.3) is 5.91 Å².